The SMILES string of the molecule is COc1ccc(NC(=O)/C=C/c2cccc3cccnc23)cc1NC(C)=O. The highest BCUT2D eigenvalue weighted by molar-refractivity contribution is 6.03. The van der Waals surface area contributed by atoms with E-state index in [9.17, 15) is 9.59 Å². The van der Waals surface area contributed by atoms with Crippen molar-refractivity contribution in [3.63, 3.8) is 0 Å². The van der Waals surface area contributed by atoms with Crippen LogP contribution < -0.4 is 15.4 Å². The molecule has 1 heterocycles. The Balaban J connectivity index is 1.77. The molecule has 2 N–H and O–H groups in total. The Labute approximate surface area is 156 Å². The number of amides is 2. The lowest BCUT2D eigenvalue weighted by molar-refractivity contribution is -0.114. The Morgan fingerprint density at radius 3 is 2.67 bits per heavy atom. The van der Waals surface area contributed by atoms with E-state index < -0.39 is 0 Å². The van der Waals surface area contributed by atoms with Gasteiger partial charge in [0.15, 0.2) is 0 Å². The molecule has 0 aliphatic carbocycles. The molecule has 1 aromatic heterocycles. The van der Waals surface area contributed by atoms with E-state index in [2.05, 4.69) is 15.6 Å². The highest BCUT2D eigenvalue weighted by atomic mass is 16.5. The van der Waals surface area contributed by atoms with Crippen LogP contribution in [0.15, 0.2) is 60.8 Å². The number of para-hydroxylation sites is 1. The lowest BCUT2D eigenvalue weighted by atomic mass is 10.1. The fraction of sp³-hybridized carbons (Fsp3) is 0.0952. The van der Waals surface area contributed by atoms with Crippen LogP contribution in [0.5, 0.6) is 5.75 Å². The van der Waals surface area contributed by atoms with Gasteiger partial charge in [-0.05, 0) is 30.3 Å². The molecular formula is C21H19N3O3. The number of carbonyl (C=O) groups is 2. The first-order valence-corrected chi connectivity index (χ1v) is 8.35. The molecule has 0 aliphatic heterocycles. The summed E-state index contributed by atoms with van der Waals surface area (Å²) in [6.45, 7) is 1.41. The quantitative estimate of drug-likeness (QED) is 0.677. The van der Waals surface area contributed by atoms with Gasteiger partial charge in [0.2, 0.25) is 11.8 Å². The fourth-order valence-electron chi connectivity index (χ4n) is 2.68. The van der Waals surface area contributed by atoms with Gasteiger partial charge in [0.25, 0.3) is 0 Å². The zero-order valence-electron chi connectivity index (χ0n) is 15.0. The maximum Gasteiger partial charge on any atom is 0.248 e. The minimum Gasteiger partial charge on any atom is -0.495 e. The van der Waals surface area contributed by atoms with Crippen molar-refractivity contribution in [2.75, 3.05) is 17.7 Å². The third kappa shape index (κ3) is 4.49. The number of hydrogen-bond donors (Lipinski definition) is 2. The number of ether oxygens (including phenoxy) is 1. The smallest absolute Gasteiger partial charge is 0.248 e. The number of benzene rings is 2. The molecule has 2 aromatic carbocycles. The van der Waals surface area contributed by atoms with Crippen LogP contribution in [0.2, 0.25) is 0 Å². The second-order valence-corrected chi connectivity index (χ2v) is 5.84. The van der Waals surface area contributed by atoms with Crippen LogP contribution in [0.1, 0.15) is 12.5 Å². The predicted octanol–water partition coefficient (Wildman–Crippen LogP) is 3.85. The molecule has 0 spiro atoms. The van der Waals surface area contributed by atoms with Gasteiger partial charge < -0.3 is 15.4 Å². The number of rotatable bonds is 5. The van der Waals surface area contributed by atoms with Crippen LogP contribution in [0, 0.1) is 0 Å². The van der Waals surface area contributed by atoms with Crippen LogP contribution in [-0.2, 0) is 9.59 Å². The summed E-state index contributed by atoms with van der Waals surface area (Å²) in [5.41, 5.74) is 2.73. The van der Waals surface area contributed by atoms with Gasteiger partial charge in [-0.2, -0.15) is 0 Å². The molecule has 0 aliphatic rings. The normalized spacial score (nSPS) is 10.7. The maximum atomic E-state index is 12.3. The zero-order valence-corrected chi connectivity index (χ0v) is 15.0. The standard InChI is InChI=1S/C21H19N3O3/c1-14(25)23-18-13-17(9-10-19(18)27-2)24-20(26)11-8-16-6-3-5-15-7-4-12-22-21(15)16/h3-13H,1-2H3,(H,23,25)(H,24,26)/b11-8+. The number of carbonyl (C=O) groups excluding carboxylic acids is 2. The molecule has 0 saturated heterocycles. The summed E-state index contributed by atoms with van der Waals surface area (Å²) in [4.78, 5) is 27.9. The Hall–Kier alpha value is -3.67. The van der Waals surface area contributed by atoms with Crippen molar-refractivity contribution >= 4 is 40.2 Å². The van der Waals surface area contributed by atoms with Crippen LogP contribution >= 0.6 is 0 Å². The molecule has 0 saturated carbocycles. The van der Waals surface area contributed by atoms with Crippen molar-refractivity contribution in [1.29, 1.82) is 0 Å². The molecule has 0 fully saturated rings. The number of anilines is 2. The molecule has 0 unspecified atom stereocenters. The number of hydrogen-bond acceptors (Lipinski definition) is 4. The molecule has 2 amide bonds. The summed E-state index contributed by atoms with van der Waals surface area (Å²) >= 11 is 0. The molecule has 27 heavy (non-hydrogen) atoms. The predicted molar refractivity (Wildman–Crippen MR) is 107 cm³/mol. The third-order valence-corrected chi connectivity index (χ3v) is 3.86. The molecular weight excluding hydrogens is 342 g/mol. The first-order valence-electron chi connectivity index (χ1n) is 8.35. The van der Waals surface area contributed by atoms with E-state index in [1.165, 1.54) is 20.1 Å². The minimum absolute atomic E-state index is 0.222. The van der Waals surface area contributed by atoms with Crippen molar-refractivity contribution < 1.29 is 14.3 Å². The van der Waals surface area contributed by atoms with Gasteiger partial charge >= 0.3 is 0 Å². The van der Waals surface area contributed by atoms with Crippen molar-refractivity contribution in [3.8, 4) is 5.75 Å². The van der Waals surface area contributed by atoms with Gasteiger partial charge in [0.1, 0.15) is 5.75 Å². The first kappa shape index (κ1) is 18.1. The Morgan fingerprint density at radius 2 is 1.89 bits per heavy atom. The lowest BCUT2D eigenvalue weighted by Gasteiger charge is -2.11. The van der Waals surface area contributed by atoms with E-state index in [0.717, 1.165) is 16.5 Å². The minimum atomic E-state index is -0.290. The number of aromatic nitrogens is 1. The van der Waals surface area contributed by atoms with Crippen molar-refractivity contribution in [2.24, 2.45) is 0 Å². The number of pyridine rings is 1. The maximum absolute atomic E-state index is 12.3. The highest BCUT2D eigenvalue weighted by Crippen LogP contribution is 2.28. The van der Waals surface area contributed by atoms with Crippen LogP contribution in [0.4, 0.5) is 11.4 Å². The van der Waals surface area contributed by atoms with E-state index in [-0.39, 0.29) is 11.8 Å². The summed E-state index contributed by atoms with van der Waals surface area (Å²) in [7, 11) is 1.51. The summed E-state index contributed by atoms with van der Waals surface area (Å²) in [5.74, 6) is 0.00238. The van der Waals surface area contributed by atoms with Gasteiger partial charge in [-0.15, -0.1) is 0 Å². The van der Waals surface area contributed by atoms with Crippen LogP contribution in [0.25, 0.3) is 17.0 Å². The summed E-state index contributed by atoms with van der Waals surface area (Å²) < 4.78 is 5.20. The Morgan fingerprint density at radius 1 is 1.07 bits per heavy atom. The van der Waals surface area contributed by atoms with Crippen LogP contribution in [-0.4, -0.2) is 23.9 Å². The molecule has 6 heteroatoms. The second kappa shape index (κ2) is 8.14. The van der Waals surface area contributed by atoms with E-state index in [0.29, 0.717) is 17.1 Å². The van der Waals surface area contributed by atoms with Gasteiger partial charge in [-0.25, -0.2) is 0 Å². The van der Waals surface area contributed by atoms with E-state index in [1.54, 1.807) is 30.5 Å². The average molecular weight is 361 g/mol. The highest BCUT2D eigenvalue weighted by Gasteiger charge is 2.07. The molecule has 136 valence electrons. The molecule has 3 rings (SSSR count). The van der Waals surface area contributed by atoms with E-state index >= 15 is 0 Å². The number of nitrogens with zero attached hydrogens (tertiary/aromatic N) is 1. The molecule has 3 aromatic rings. The topological polar surface area (TPSA) is 80.3 Å². The second-order valence-electron chi connectivity index (χ2n) is 5.84. The average Bonchev–Trinajstić information content (AvgIpc) is 2.66. The summed E-state index contributed by atoms with van der Waals surface area (Å²) in [6, 6.07) is 14.7. The summed E-state index contributed by atoms with van der Waals surface area (Å²) in [5, 5.41) is 6.46. The monoisotopic (exact) mass is 361 g/mol. The number of methoxy groups -OCH3 is 1. The van der Waals surface area contributed by atoms with Gasteiger partial charge in [0.05, 0.1) is 18.3 Å². The van der Waals surface area contributed by atoms with E-state index in [4.69, 9.17) is 4.74 Å². The molecule has 0 atom stereocenters. The largest absolute Gasteiger partial charge is 0.495 e. The zero-order chi connectivity index (χ0) is 19.2. The van der Waals surface area contributed by atoms with Crippen molar-refractivity contribution in [3.05, 3.63) is 66.4 Å². The number of fused-ring (bicyclic) bond motifs is 1. The van der Waals surface area contributed by atoms with Gasteiger partial charge in [0, 0.05) is 35.8 Å². The summed E-state index contributed by atoms with van der Waals surface area (Å²) in [6.07, 6.45) is 4.90. The van der Waals surface area contributed by atoms with Crippen molar-refractivity contribution in [1.82, 2.24) is 4.98 Å². The fourth-order valence-corrected chi connectivity index (χ4v) is 2.68. The molecule has 6 nitrogen and oxygen atoms in total. The molecule has 0 radical (unpaired) electrons. The third-order valence-electron chi connectivity index (χ3n) is 3.86. The van der Waals surface area contributed by atoms with Gasteiger partial charge in [-0.3, -0.25) is 14.6 Å². The Kier molecular flexibility index (Phi) is 5.47. The van der Waals surface area contributed by atoms with Crippen LogP contribution in [0.3, 0.4) is 0 Å². The molecule has 0 bridgehead atoms. The van der Waals surface area contributed by atoms with Gasteiger partial charge in [-0.1, -0.05) is 24.3 Å². The lowest BCUT2D eigenvalue weighted by Crippen LogP contribution is -2.10. The Bertz CT molecular complexity index is 1020. The van der Waals surface area contributed by atoms with Crippen molar-refractivity contribution in [2.45, 2.75) is 6.92 Å². The van der Waals surface area contributed by atoms with E-state index in [1.807, 2.05) is 30.3 Å². The number of nitrogens with one attached hydrogen (secondary N) is 2. The first-order chi connectivity index (χ1) is 13.1.